The third-order valence-electron chi connectivity index (χ3n) is 8.60. The van der Waals surface area contributed by atoms with Gasteiger partial charge in [0.25, 0.3) is 0 Å². The van der Waals surface area contributed by atoms with Crippen LogP contribution < -0.4 is 20.7 Å². The van der Waals surface area contributed by atoms with E-state index in [2.05, 4.69) is 91.0 Å². The molecule has 0 aliphatic heterocycles. The molecule has 0 N–H and O–H groups in total. The van der Waals surface area contributed by atoms with Crippen LogP contribution in [-0.2, 0) is 4.74 Å². The highest BCUT2D eigenvalue weighted by molar-refractivity contribution is 7.95. The Bertz CT molecular complexity index is 1280. The molecule has 4 rings (SSSR count). The second-order valence-electron chi connectivity index (χ2n) is 11.7. The molecule has 0 amide bonds. The van der Waals surface area contributed by atoms with Gasteiger partial charge >= 0.3 is 5.97 Å². The number of hydrogen-bond donors (Lipinski definition) is 0. The van der Waals surface area contributed by atoms with Crippen LogP contribution >= 0.6 is 7.26 Å². The molecule has 0 bridgehead atoms. The van der Waals surface area contributed by atoms with Gasteiger partial charge in [0, 0.05) is 0 Å². The number of esters is 1. The molecule has 4 heteroatoms. The van der Waals surface area contributed by atoms with Crippen molar-refractivity contribution in [2.45, 2.75) is 77.6 Å². The lowest BCUT2D eigenvalue weighted by Gasteiger charge is -2.27. The molecule has 232 valence electrons. The Morgan fingerprint density at radius 3 is 1.43 bits per heavy atom. The highest BCUT2D eigenvalue weighted by Crippen LogP contribution is 2.56. The molecule has 0 fully saturated rings. The monoisotopic (exact) mass is 609 g/mol. The third-order valence-corrected chi connectivity index (χ3v) is 13.1. The summed E-state index contributed by atoms with van der Waals surface area (Å²) in [6.45, 7) is 2.63. The Morgan fingerprint density at radius 1 is 0.568 bits per heavy atom. The summed E-state index contributed by atoms with van der Waals surface area (Å²) in [6.07, 6.45) is 15.4. The number of hydrogen-bond acceptors (Lipinski definition) is 3. The average molecular weight is 610 g/mol. The zero-order valence-electron chi connectivity index (χ0n) is 26.8. The predicted molar refractivity (Wildman–Crippen MR) is 189 cm³/mol. The van der Waals surface area contributed by atoms with Crippen molar-refractivity contribution < 1.29 is 14.3 Å². The second-order valence-corrected chi connectivity index (χ2v) is 15.4. The number of methoxy groups -OCH3 is 1. The van der Waals surface area contributed by atoms with Gasteiger partial charge in [-0.2, -0.15) is 0 Å². The molecule has 44 heavy (non-hydrogen) atoms. The first-order valence-corrected chi connectivity index (χ1v) is 18.5. The van der Waals surface area contributed by atoms with Gasteiger partial charge in [-0.25, -0.2) is 4.79 Å². The zero-order chi connectivity index (χ0) is 30.9. The number of carbonyl (C=O) groups excluding carboxylic acids is 1. The van der Waals surface area contributed by atoms with Gasteiger partial charge in [-0.3, -0.25) is 0 Å². The Labute approximate surface area is 266 Å². The van der Waals surface area contributed by atoms with Crippen LogP contribution in [0.3, 0.4) is 0 Å². The van der Waals surface area contributed by atoms with E-state index in [0.29, 0.717) is 5.56 Å². The Balaban J connectivity index is 1.11. The lowest BCUT2D eigenvalue weighted by molar-refractivity contribution is 0.0600. The molecule has 0 spiro atoms. The minimum Gasteiger partial charge on any atom is -0.494 e. The number of carbonyl (C=O) groups is 1. The van der Waals surface area contributed by atoms with Gasteiger partial charge in [-0.1, -0.05) is 106 Å². The second kappa shape index (κ2) is 18.4. The molecule has 3 nitrogen and oxygen atoms in total. The summed E-state index contributed by atoms with van der Waals surface area (Å²) >= 11 is 0. The fourth-order valence-electron chi connectivity index (χ4n) is 6.18. The van der Waals surface area contributed by atoms with Crippen molar-refractivity contribution in [2.24, 2.45) is 0 Å². The summed E-state index contributed by atoms with van der Waals surface area (Å²) in [7, 11) is -0.281. The SMILES string of the molecule is COC(=O)c1ccc(OCCCCCCCCCCCCC[P+](c2ccccc2)(c2ccccc2)c2ccccc2)cc1C. The van der Waals surface area contributed by atoms with E-state index in [-0.39, 0.29) is 5.97 Å². The molecule has 0 saturated heterocycles. The van der Waals surface area contributed by atoms with Crippen LogP contribution in [-0.4, -0.2) is 25.8 Å². The number of ether oxygens (including phenoxy) is 2. The van der Waals surface area contributed by atoms with E-state index in [0.717, 1.165) is 24.3 Å². The summed E-state index contributed by atoms with van der Waals surface area (Å²) in [6, 6.07) is 39.3. The van der Waals surface area contributed by atoms with Crippen LogP contribution in [0.5, 0.6) is 5.75 Å². The van der Waals surface area contributed by atoms with Crippen molar-refractivity contribution in [3.63, 3.8) is 0 Å². The highest BCUT2D eigenvalue weighted by atomic mass is 31.2. The van der Waals surface area contributed by atoms with Gasteiger partial charge in [-0.05, 0) is 86.3 Å². The molecular formula is C40H50O3P+. The topological polar surface area (TPSA) is 35.5 Å². The van der Waals surface area contributed by atoms with Crippen molar-refractivity contribution in [1.82, 2.24) is 0 Å². The summed E-state index contributed by atoms with van der Waals surface area (Å²) in [5.74, 6) is 0.519. The van der Waals surface area contributed by atoms with Crippen molar-refractivity contribution in [3.8, 4) is 5.75 Å². The van der Waals surface area contributed by atoms with Crippen LogP contribution in [0.2, 0.25) is 0 Å². The van der Waals surface area contributed by atoms with Crippen molar-refractivity contribution in [1.29, 1.82) is 0 Å². The molecule has 4 aromatic carbocycles. The Kier molecular flexibility index (Phi) is 14.0. The van der Waals surface area contributed by atoms with Crippen molar-refractivity contribution >= 4 is 29.1 Å². The summed E-state index contributed by atoms with van der Waals surface area (Å²) in [4.78, 5) is 11.7. The van der Waals surface area contributed by atoms with Crippen LogP contribution in [0.4, 0.5) is 0 Å². The van der Waals surface area contributed by atoms with Gasteiger partial charge < -0.3 is 9.47 Å². The van der Waals surface area contributed by atoms with Crippen LogP contribution in [0, 0.1) is 6.92 Å². The summed E-state index contributed by atoms with van der Waals surface area (Å²) in [5, 5.41) is 4.48. The lowest BCUT2D eigenvalue weighted by Crippen LogP contribution is -2.33. The van der Waals surface area contributed by atoms with Crippen LogP contribution in [0.15, 0.2) is 109 Å². The Morgan fingerprint density at radius 2 is 1.00 bits per heavy atom. The number of aryl methyl sites for hydroxylation is 1. The largest absolute Gasteiger partial charge is 0.494 e. The zero-order valence-corrected chi connectivity index (χ0v) is 27.7. The summed E-state index contributed by atoms with van der Waals surface area (Å²) in [5.41, 5.74) is 1.48. The molecule has 0 aliphatic carbocycles. The number of benzene rings is 4. The normalized spacial score (nSPS) is 11.3. The van der Waals surface area contributed by atoms with E-state index in [1.807, 2.05) is 19.1 Å². The average Bonchev–Trinajstić information content (AvgIpc) is 3.07. The summed E-state index contributed by atoms with van der Waals surface area (Å²) < 4.78 is 10.7. The van der Waals surface area contributed by atoms with E-state index >= 15 is 0 Å². The van der Waals surface area contributed by atoms with Gasteiger partial charge in [0.2, 0.25) is 0 Å². The van der Waals surface area contributed by atoms with E-state index < -0.39 is 7.26 Å². The molecule has 0 saturated carbocycles. The van der Waals surface area contributed by atoms with E-state index in [1.54, 1.807) is 6.07 Å². The van der Waals surface area contributed by atoms with Crippen LogP contribution in [0.25, 0.3) is 0 Å². The van der Waals surface area contributed by atoms with E-state index in [1.165, 1.54) is 93.4 Å². The van der Waals surface area contributed by atoms with Gasteiger partial charge in [-0.15, -0.1) is 0 Å². The molecule has 0 aromatic heterocycles. The third kappa shape index (κ3) is 9.54. The maximum Gasteiger partial charge on any atom is 0.338 e. The minimum atomic E-state index is -1.69. The van der Waals surface area contributed by atoms with Gasteiger partial charge in [0.05, 0.1) is 25.4 Å². The number of rotatable bonds is 19. The first-order valence-electron chi connectivity index (χ1n) is 16.5. The molecular weight excluding hydrogens is 559 g/mol. The fourth-order valence-corrected chi connectivity index (χ4v) is 10.6. The van der Waals surface area contributed by atoms with Crippen LogP contribution in [0.1, 0.15) is 86.6 Å². The maximum atomic E-state index is 11.7. The minimum absolute atomic E-state index is 0.303. The first-order chi connectivity index (χ1) is 21.6. The molecule has 0 radical (unpaired) electrons. The highest BCUT2D eigenvalue weighted by Gasteiger charge is 2.44. The van der Waals surface area contributed by atoms with Crippen molar-refractivity contribution in [2.75, 3.05) is 19.9 Å². The molecule has 0 unspecified atom stereocenters. The first kappa shape index (κ1) is 33.5. The molecule has 0 heterocycles. The van der Waals surface area contributed by atoms with Gasteiger partial charge in [0.15, 0.2) is 0 Å². The van der Waals surface area contributed by atoms with E-state index in [9.17, 15) is 4.79 Å². The standard InChI is InChI=1S/C40H50O3P/c1-34-33-35(29-30-39(34)40(41)42-2)43-31-21-10-8-6-4-3-5-7-9-11-22-32-44(36-23-15-12-16-24-36,37-25-17-13-18-26-37)38-27-19-14-20-28-38/h12-20,23-30,33H,3-11,21-22,31-32H2,1-2H3/q+1. The van der Waals surface area contributed by atoms with Gasteiger partial charge in [0.1, 0.15) is 28.9 Å². The van der Waals surface area contributed by atoms with Crippen molar-refractivity contribution in [3.05, 3.63) is 120 Å². The lowest BCUT2D eigenvalue weighted by atomic mass is 10.1. The molecule has 4 aromatic rings. The quantitative estimate of drug-likeness (QED) is 0.0604. The smallest absolute Gasteiger partial charge is 0.338 e. The fraction of sp³-hybridized carbons (Fsp3) is 0.375. The number of unbranched alkanes of at least 4 members (excludes halogenated alkanes) is 10. The van der Waals surface area contributed by atoms with E-state index in [4.69, 9.17) is 9.47 Å². The maximum absolute atomic E-state index is 11.7. The molecule has 0 atom stereocenters. The molecule has 0 aliphatic rings. The Hall–Kier alpha value is -3.42. The predicted octanol–water partition coefficient (Wildman–Crippen LogP) is 9.45.